The van der Waals surface area contributed by atoms with E-state index in [9.17, 15) is 19.2 Å². The molecule has 1 saturated heterocycles. The van der Waals surface area contributed by atoms with Crippen LogP contribution in [0.1, 0.15) is 83.5 Å². The van der Waals surface area contributed by atoms with Crippen molar-refractivity contribution in [2.45, 2.75) is 108 Å². The standard InChI is InChI=1S/C34H53N7O4/c1-40-17-13-27(14-18-40)37-31(42)22-3-8-25(9-4-22)36-33(44)24-7-12-29(30(35)21-24)34(45)39-26-10-5-23(6-11-26)32(43)38-28-15-19-41(2)20-16-28/h13-14,17-18,22-26,28-30H,3-12,15-16,19-21,35H2,1-2H3,(H3,36,38,39,43,44,45)/p+1. The number of carbonyl (C=O) groups is 4. The van der Waals surface area contributed by atoms with Crippen molar-refractivity contribution in [3.8, 4) is 0 Å². The maximum absolute atomic E-state index is 13.2. The predicted octanol–water partition coefficient (Wildman–Crippen LogP) is 1.75. The highest BCUT2D eigenvalue weighted by Crippen LogP contribution is 2.31. The van der Waals surface area contributed by atoms with Crippen LogP contribution in [0.25, 0.3) is 0 Å². The van der Waals surface area contributed by atoms with Crippen molar-refractivity contribution in [1.82, 2.24) is 20.9 Å². The number of piperidine rings is 1. The van der Waals surface area contributed by atoms with Gasteiger partial charge in [0, 0.05) is 54.1 Å². The molecule has 2 heterocycles. The van der Waals surface area contributed by atoms with Gasteiger partial charge in [0.25, 0.3) is 0 Å². The molecule has 0 spiro atoms. The second kappa shape index (κ2) is 15.5. The van der Waals surface area contributed by atoms with Crippen LogP contribution in [0.15, 0.2) is 24.5 Å². The first kappa shape index (κ1) is 33.3. The van der Waals surface area contributed by atoms with Gasteiger partial charge in [0.05, 0.1) is 11.6 Å². The van der Waals surface area contributed by atoms with Crippen LogP contribution in [0.2, 0.25) is 0 Å². The van der Waals surface area contributed by atoms with Crippen LogP contribution in [0, 0.1) is 23.7 Å². The first-order valence-corrected chi connectivity index (χ1v) is 17.3. The summed E-state index contributed by atoms with van der Waals surface area (Å²) in [6, 6.07) is 3.84. The Hall–Kier alpha value is -3.05. The van der Waals surface area contributed by atoms with Gasteiger partial charge in [-0.05, 0) is 104 Å². The minimum atomic E-state index is -0.356. The molecule has 0 aromatic carbocycles. The van der Waals surface area contributed by atoms with E-state index in [1.807, 2.05) is 36.1 Å². The molecule has 3 unspecified atom stereocenters. The third kappa shape index (κ3) is 9.25. The molecular weight excluding hydrogens is 570 g/mol. The molecule has 3 atom stereocenters. The lowest BCUT2D eigenvalue weighted by atomic mass is 9.77. The maximum Gasteiger partial charge on any atom is 0.227 e. The van der Waals surface area contributed by atoms with E-state index in [4.69, 9.17) is 5.73 Å². The first-order chi connectivity index (χ1) is 21.6. The van der Waals surface area contributed by atoms with Crippen LogP contribution in [0.4, 0.5) is 5.69 Å². The molecule has 1 aromatic rings. The fourth-order valence-electron chi connectivity index (χ4n) is 7.70. The number of amides is 4. The van der Waals surface area contributed by atoms with Crippen molar-refractivity contribution in [2.24, 2.45) is 36.5 Å². The van der Waals surface area contributed by atoms with Crippen molar-refractivity contribution in [3.63, 3.8) is 0 Å². The van der Waals surface area contributed by atoms with Crippen LogP contribution < -0.4 is 31.6 Å². The van der Waals surface area contributed by atoms with Gasteiger partial charge in [-0.2, -0.15) is 0 Å². The van der Waals surface area contributed by atoms with E-state index in [1.165, 1.54) is 0 Å². The molecule has 248 valence electrons. The Morgan fingerprint density at radius 3 is 1.69 bits per heavy atom. The largest absolute Gasteiger partial charge is 0.353 e. The van der Waals surface area contributed by atoms with E-state index in [0.717, 1.165) is 83.0 Å². The molecule has 1 aliphatic heterocycles. The van der Waals surface area contributed by atoms with Gasteiger partial charge in [0.1, 0.15) is 7.05 Å². The van der Waals surface area contributed by atoms with Gasteiger partial charge in [-0.1, -0.05) is 0 Å². The predicted molar refractivity (Wildman–Crippen MR) is 171 cm³/mol. The molecule has 3 aliphatic carbocycles. The smallest absolute Gasteiger partial charge is 0.227 e. The summed E-state index contributed by atoms with van der Waals surface area (Å²) in [5.74, 6) is -0.289. The Labute approximate surface area is 267 Å². The number of nitrogens with two attached hydrogens (primary N) is 1. The Morgan fingerprint density at radius 2 is 1.13 bits per heavy atom. The molecular formula is C34H54N7O4+. The van der Waals surface area contributed by atoms with Gasteiger partial charge in [-0.15, -0.1) is 0 Å². The zero-order valence-corrected chi connectivity index (χ0v) is 27.1. The van der Waals surface area contributed by atoms with E-state index in [1.54, 1.807) is 0 Å². The van der Waals surface area contributed by atoms with Crippen LogP contribution in [-0.2, 0) is 26.2 Å². The Kier molecular flexibility index (Phi) is 11.5. The highest BCUT2D eigenvalue weighted by Gasteiger charge is 2.38. The average molecular weight is 625 g/mol. The van der Waals surface area contributed by atoms with E-state index >= 15 is 0 Å². The molecule has 4 aliphatic rings. The third-order valence-electron chi connectivity index (χ3n) is 10.8. The second-order valence-corrected chi connectivity index (χ2v) is 14.2. The number of aryl methyl sites for hydroxylation is 1. The molecule has 6 N–H and O–H groups in total. The van der Waals surface area contributed by atoms with Crippen molar-refractivity contribution in [1.29, 1.82) is 0 Å². The number of anilines is 1. The highest BCUT2D eigenvalue weighted by atomic mass is 16.2. The minimum absolute atomic E-state index is 0.0124. The van der Waals surface area contributed by atoms with E-state index in [2.05, 4.69) is 33.2 Å². The normalized spacial score (nSPS) is 31.4. The van der Waals surface area contributed by atoms with E-state index < -0.39 is 0 Å². The lowest BCUT2D eigenvalue weighted by Crippen LogP contribution is -2.51. The molecule has 11 nitrogen and oxygen atoms in total. The Bertz CT molecular complexity index is 1170. The van der Waals surface area contributed by atoms with Crippen molar-refractivity contribution >= 4 is 29.3 Å². The summed E-state index contributed by atoms with van der Waals surface area (Å²) in [5, 5.41) is 12.7. The van der Waals surface area contributed by atoms with Crippen molar-refractivity contribution in [2.75, 3.05) is 25.5 Å². The third-order valence-corrected chi connectivity index (χ3v) is 10.8. The Balaban J connectivity index is 0.976. The summed E-state index contributed by atoms with van der Waals surface area (Å²) < 4.78 is 1.92. The van der Waals surface area contributed by atoms with Gasteiger partial charge in [-0.25, -0.2) is 4.57 Å². The molecule has 4 fully saturated rings. The summed E-state index contributed by atoms with van der Waals surface area (Å²) in [6.07, 6.45) is 13.8. The molecule has 4 amide bonds. The second-order valence-electron chi connectivity index (χ2n) is 14.2. The number of nitrogens with one attached hydrogen (secondary N) is 4. The number of carbonyl (C=O) groups excluding carboxylic acids is 4. The topological polar surface area (TPSA) is 150 Å². The lowest BCUT2D eigenvalue weighted by Gasteiger charge is -2.36. The summed E-state index contributed by atoms with van der Waals surface area (Å²) in [4.78, 5) is 54.1. The van der Waals surface area contributed by atoms with Crippen LogP contribution >= 0.6 is 0 Å². The van der Waals surface area contributed by atoms with Gasteiger partial charge in [0.15, 0.2) is 12.4 Å². The van der Waals surface area contributed by atoms with Gasteiger partial charge >= 0.3 is 0 Å². The quantitative estimate of drug-likeness (QED) is 0.278. The summed E-state index contributed by atoms with van der Waals surface area (Å²) in [6.45, 7) is 2.05. The molecule has 0 radical (unpaired) electrons. The zero-order valence-electron chi connectivity index (χ0n) is 27.1. The number of rotatable bonds is 8. The molecule has 1 aromatic heterocycles. The monoisotopic (exact) mass is 624 g/mol. The number of nitrogens with zero attached hydrogens (tertiary/aromatic N) is 2. The maximum atomic E-state index is 13.2. The molecule has 45 heavy (non-hydrogen) atoms. The van der Waals surface area contributed by atoms with Crippen molar-refractivity contribution in [3.05, 3.63) is 24.5 Å². The summed E-state index contributed by atoms with van der Waals surface area (Å²) in [5.41, 5.74) is 7.28. The minimum Gasteiger partial charge on any atom is -0.353 e. The molecule has 0 bridgehead atoms. The highest BCUT2D eigenvalue weighted by molar-refractivity contribution is 5.92. The number of aromatic nitrogens is 1. The summed E-state index contributed by atoms with van der Waals surface area (Å²) >= 11 is 0. The van der Waals surface area contributed by atoms with Crippen LogP contribution in [-0.4, -0.2) is 72.8 Å². The van der Waals surface area contributed by atoms with Gasteiger partial charge in [0.2, 0.25) is 23.6 Å². The molecule has 5 rings (SSSR count). The number of likely N-dealkylation sites (tertiary alicyclic amines) is 1. The SMILES string of the molecule is CN1CCC(NC(=O)C2CCC(NC(=O)C3CCC(C(=O)NC4CCC(C(=O)Nc5cc[n+](C)cc5)CC4)CC3N)CC2)CC1. The fraction of sp³-hybridized carbons (Fsp3) is 0.735. The van der Waals surface area contributed by atoms with Crippen LogP contribution in [0.3, 0.4) is 0 Å². The number of hydrogen-bond acceptors (Lipinski definition) is 6. The van der Waals surface area contributed by atoms with Gasteiger partial charge < -0.3 is 31.9 Å². The average Bonchev–Trinajstić information content (AvgIpc) is 3.03. The van der Waals surface area contributed by atoms with Crippen molar-refractivity contribution < 1.29 is 23.7 Å². The molecule has 11 heteroatoms. The van der Waals surface area contributed by atoms with E-state index in [-0.39, 0.29) is 71.5 Å². The van der Waals surface area contributed by atoms with E-state index in [0.29, 0.717) is 19.3 Å². The summed E-state index contributed by atoms with van der Waals surface area (Å²) in [7, 11) is 4.05. The first-order valence-electron chi connectivity index (χ1n) is 17.3. The number of hydrogen-bond donors (Lipinski definition) is 5. The fourth-order valence-corrected chi connectivity index (χ4v) is 7.70. The number of pyridine rings is 1. The van der Waals surface area contributed by atoms with Crippen LogP contribution in [0.5, 0.6) is 0 Å². The lowest BCUT2D eigenvalue weighted by molar-refractivity contribution is -0.671. The molecule has 3 saturated carbocycles. The Morgan fingerprint density at radius 1 is 0.667 bits per heavy atom. The zero-order chi connectivity index (χ0) is 31.9. The van der Waals surface area contributed by atoms with Gasteiger partial charge in [-0.3, -0.25) is 19.2 Å².